The van der Waals surface area contributed by atoms with Crippen molar-refractivity contribution >= 4 is 17.6 Å². The molecular weight excluding hydrogens is 563 g/mol. The van der Waals surface area contributed by atoms with Crippen LogP contribution in [0.25, 0.3) is 0 Å². The summed E-state index contributed by atoms with van der Waals surface area (Å²) in [6.07, 6.45) is 0. The number of esters is 1. The third kappa shape index (κ3) is 6.24. The van der Waals surface area contributed by atoms with E-state index in [0.717, 1.165) is 5.56 Å². The fourth-order valence-electron chi connectivity index (χ4n) is 4.43. The van der Waals surface area contributed by atoms with Crippen molar-refractivity contribution in [3.63, 3.8) is 0 Å². The Morgan fingerprint density at radius 3 is 2.52 bits per heavy atom. The van der Waals surface area contributed by atoms with Gasteiger partial charge in [-0.05, 0) is 53.6 Å². The number of nitrogens with two attached hydrogens (primary N) is 1. The van der Waals surface area contributed by atoms with Crippen molar-refractivity contribution in [3.05, 3.63) is 124 Å². The maximum absolute atomic E-state index is 13.2. The summed E-state index contributed by atoms with van der Waals surface area (Å²) in [6, 6.07) is 25.0. The summed E-state index contributed by atoms with van der Waals surface area (Å²) in [5.41, 5.74) is 8.47. The molecule has 1 aliphatic rings. The van der Waals surface area contributed by atoms with E-state index < -0.39 is 11.9 Å². The maximum atomic E-state index is 13.2. The second-order valence-electron chi connectivity index (χ2n) is 9.14. The van der Waals surface area contributed by atoms with E-state index in [2.05, 4.69) is 6.07 Å². The fraction of sp³-hybridized carbons (Fsp3) is 0.125. The predicted octanol–water partition coefficient (Wildman–Crippen LogP) is 6.27. The van der Waals surface area contributed by atoms with Crippen LogP contribution in [0.1, 0.15) is 22.6 Å². The quantitative estimate of drug-likeness (QED) is 0.180. The first-order valence-corrected chi connectivity index (χ1v) is 13.1. The first-order chi connectivity index (χ1) is 20.4. The lowest BCUT2D eigenvalue weighted by Crippen LogP contribution is -2.22. The summed E-state index contributed by atoms with van der Waals surface area (Å²) in [7, 11) is 1.51. The van der Waals surface area contributed by atoms with Crippen LogP contribution in [0.2, 0.25) is 5.02 Å². The van der Waals surface area contributed by atoms with Gasteiger partial charge in [0, 0.05) is 11.6 Å². The van der Waals surface area contributed by atoms with E-state index >= 15 is 0 Å². The van der Waals surface area contributed by atoms with Crippen LogP contribution in [0.15, 0.2) is 96.4 Å². The molecule has 42 heavy (non-hydrogen) atoms. The highest BCUT2D eigenvalue weighted by molar-refractivity contribution is 6.32. The van der Waals surface area contributed by atoms with Crippen LogP contribution < -0.4 is 29.4 Å². The van der Waals surface area contributed by atoms with Gasteiger partial charge >= 0.3 is 5.97 Å². The van der Waals surface area contributed by atoms with E-state index in [1.54, 1.807) is 66.7 Å². The summed E-state index contributed by atoms with van der Waals surface area (Å²) in [5, 5.41) is 10.3. The highest BCUT2D eigenvalue weighted by Crippen LogP contribution is 2.45. The van der Waals surface area contributed by atoms with E-state index in [1.165, 1.54) is 25.3 Å². The maximum Gasteiger partial charge on any atom is 0.349 e. The second-order valence-corrected chi connectivity index (χ2v) is 9.55. The smallest absolute Gasteiger partial charge is 0.349 e. The van der Waals surface area contributed by atoms with Gasteiger partial charge in [-0.2, -0.15) is 5.26 Å². The number of fused-ring (bicyclic) bond motifs is 1. The van der Waals surface area contributed by atoms with Crippen molar-refractivity contribution in [1.82, 2.24) is 0 Å². The van der Waals surface area contributed by atoms with Crippen LogP contribution in [0, 0.1) is 17.1 Å². The van der Waals surface area contributed by atoms with Crippen LogP contribution >= 0.6 is 11.6 Å². The number of benzene rings is 4. The molecule has 0 amide bonds. The highest BCUT2D eigenvalue weighted by Gasteiger charge is 2.32. The van der Waals surface area contributed by atoms with Gasteiger partial charge < -0.3 is 29.4 Å². The van der Waals surface area contributed by atoms with E-state index in [0.29, 0.717) is 39.1 Å². The largest absolute Gasteiger partial charge is 0.493 e. The Morgan fingerprint density at radius 2 is 1.79 bits per heavy atom. The third-order valence-corrected chi connectivity index (χ3v) is 6.75. The van der Waals surface area contributed by atoms with Gasteiger partial charge in [0.1, 0.15) is 41.3 Å². The standard InChI is InChI=1S/C32H24ClFN2O6/c1-38-29-14-20(8-13-27(29)39-17-19-6-9-21(34)10-7-19)31-23-12-11-22(15-28(23)42-32(36)24(31)16-35)41-30(37)18-40-26-5-3-2-4-25(26)33/h2-15,31H,17-18,36H2,1H3. The minimum Gasteiger partial charge on any atom is -0.493 e. The molecule has 4 aromatic rings. The number of ether oxygens (including phenoxy) is 5. The lowest BCUT2D eigenvalue weighted by molar-refractivity contribution is -0.136. The van der Waals surface area contributed by atoms with Crippen molar-refractivity contribution in [2.75, 3.05) is 13.7 Å². The second kappa shape index (κ2) is 12.5. The van der Waals surface area contributed by atoms with Gasteiger partial charge in [0.05, 0.1) is 18.1 Å². The number of rotatable bonds is 9. The molecule has 0 saturated heterocycles. The Morgan fingerprint density at radius 1 is 1.00 bits per heavy atom. The van der Waals surface area contributed by atoms with Crippen molar-refractivity contribution in [2.45, 2.75) is 12.5 Å². The van der Waals surface area contributed by atoms with Crippen LogP contribution in [0.4, 0.5) is 4.39 Å². The summed E-state index contributed by atoms with van der Waals surface area (Å²) in [5.74, 6) is 0.146. The Kier molecular flexibility index (Phi) is 8.46. The first kappa shape index (κ1) is 28.3. The van der Waals surface area contributed by atoms with E-state index in [-0.39, 0.29) is 36.2 Å². The number of nitrogens with zero attached hydrogens (tertiary/aromatic N) is 1. The minimum atomic E-state index is -0.649. The van der Waals surface area contributed by atoms with Crippen molar-refractivity contribution in [1.29, 1.82) is 5.26 Å². The van der Waals surface area contributed by atoms with E-state index in [1.807, 2.05) is 0 Å². The van der Waals surface area contributed by atoms with Gasteiger partial charge in [0.25, 0.3) is 0 Å². The Hall–Kier alpha value is -5.20. The van der Waals surface area contributed by atoms with Gasteiger partial charge in [-0.25, -0.2) is 9.18 Å². The number of nitriles is 1. The van der Waals surface area contributed by atoms with Gasteiger partial charge in [-0.1, -0.05) is 48.0 Å². The first-order valence-electron chi connectivity index (χ1n) is 12.7. The number of hydrogen-bond acceptors (Lipinski definition) is 8. The molecule has 1 aliphatic heterocycles. The SMILES string of the molecule is COc1cc(C2C(C#N)=C(N)Oc3cc(OC(=O)COc4ccccc4Cl)ccc32)ccc1OCc1ccc(F)cc1. The molecule has 1 unspecified atom stereocenters. The molecule has 212 valence electrons. The molecule has 5 rings (SSSR count). The van der Waals surface area contributed by atoms with Crippen LogP contribution in [0.3, 0.4) is 0 Å². The Labute approximate surface area is 246 Å². The highest BCUT2D eigenvalue weighted by atomic mass is 35.5. The number of carbonyl (C=O) groups excluding carboxylic acids is 1. The van der Waals surface area contributed by atoms with Crippen molar-refractivity contribution < 1.29 is 32.9 Å². The predicted molar refractivity (Wildman–Crippen MR) is 152 cm³/mol. The summed E-state index contributed by atoms with van der Waals surface area (Å²) in [6.45, 7) is -0.155. The van der Waals surface area contributed by atoms with E-state index in [9.17, 15) is 14.4 Å². The molecule has 0 aromatic heterocycles. The molecule has 0 bridgehead atoms. The topological polar surface area (TPSA) is 113 Å². The number of methoxy groups -OCH3 is 1. The van der Waals surface area contributed by atoms with Gasteiger partial charge in [-0.15, -0.1) is 0 Å². The number of carbonyl (C=O) groups is 1. The molecule has 0 spiro atoms. The molecule has 0 aliphatic carbocycles. The molecule has 8 nitrogen and oxygen atoms in total. The lowest BCUT2D eigenvalue weighted by Gasteiger charge is -2.27. The van der Waals surface area contributed by atoms with E-state index in [4.69, 9.17) is 41.0 Å². The molecule has 0 saturated carbocycles. The average molecular weight is 587 g/mol. The number of halogens is 2. The third-order valence-electron chi connectivity index (χ3n) is 6.43. The minimum absolute atomic E-state index is 0.0730. The molecule has 4 aromatic carbocycles. The Bertz CT molecular complexity index is 1700. The van der Waals surface area contributed by atoms with Crippen molar-refractivity contribution in [2.24, 2.45) is 5.73 Å². The lowest BCUT2D eigenvalue weighted by atomic mass is 9.83. The fourth-order valence-corrected chi connectivity index (χ4v) is 4.62. The molecule has 1 atom stereocenters. The molecule has 10 heteroatoms. The average Bonchev–Trinajstić information content (AvgIpc) is 2.99. The summed E-state index contributed by atoms with van der Waals surface area (Å²) < 4.78 is 41.3. The monoisotopic (exact) mass is 586 g/mol. The van der Waals surface area contributed by atoms with Crippen molar-refractivity contribution in [3.8, 4) is 34.8 Å². The molecule has 0 fully saturated rings. The summed E-state index contributed by atoms with van der Waals surface area (Å²) >= 11 is 6.06. The van der Waals surface area contributed by atoms with Crippen LogP contribution in [0.5, 0.6) is 28.7 Å². The van der Waals surface area contributed by atoms with Crippen LogP contribution in [-0.4, -0.2) is 19.7 Å². The number of para-hydroxylation sites is 1. The van der Waals surface area contributed by atoms with Gasteiger partial charge in [0.15, 0.2) is 18.1 Å². The normalized spacial score (nSPS) is 13.8. The molecule has 2 N–H and O–H groups in total. The number of allylic oxidation sites excluding steroid dienone is 1. The zero-order chi connectivity index (χ0) is 29.6. The number of hydrogen-bond donors (Lipinski definition) is 1. The van der Waals surface area contributed by atoms with Gasteiger partial charge in [0.2, 0.25) is 5.88 Å². The molecular formula is C32H24ClFN2O6. The summed E-state index contributed by atoms with van der Waals surface area (Å²) in [4.78, 5) is 12.4. The molecule has 0 radical (unpaired) electrons. The molecule has 1 heterocycles. The Balaban J connectivity index is 1.36. The zero-order valence-corrected chi connectivity index (χ0v) is 23.1. The zero-order valence-electron chi connectivity index (χ0n) is 22.3. The van der Waals surface area contributed by atoms with Gasteiger partial charge in [-0.3, -0.25) is 0 Å². The van der Waals surface area contributed by atoms with Crippen LogP contribution in [-0.2, 0) is 11.4 Å².